The van der Waals surface area contributed by atoms with Crippen LogP contribution in [-0.4, -0.2) is 29.0 Å². The molecule has 0 aliphatic rings. The van der Waals surface area contributed by atoms with Crippen LogP contribution in [-0.2, 0) is 20.8 Å². The second-order valence-electron chi connectivity index (χ2n) is 6.33. The maximum Gasteiger partial charge on any atom is 0.433 e. The molecule has 1 N–H and O–H groups in total. The number of alkyl halides is 3. The van der Waals surface area contributed by atoms with Gasteiger partial charge >= 0.3 is 12.2 Å². The van der Waals surface area contributed by atoms with Crippen molar-refractivity contribution in [3.63, 3.8) is 0 Å². The number of halogens is 3. The summed E-state index contributed by atoms with van der Waals surface area (Å²) in [6.07, 6.45) is -4.13. The number of benzene rings is 1. The molecule has 2 heterocycles. The molecule has 1 aromatic carbocycles. The van der Waals surface area contributed by atoms with Crippen molar-refractivity contribution in [1.29, 1.82) is 0 Å². The quantitative estimate of drug-likeness (QED) is 0.703. The lowest BCUT2D eigenvalue weighted by molar-refractivity contribution is -0.141. The first kappa shape index (κ1) is 19.8. The molecular weight excluding hydrogens is 399 g/mol. The molecule has 0 saturated heterocycles. The van der Waals surface area contributed by atoms with Crippen molar-refractivity contribution in [3.05, 3.63) is 48.3 Å². The van der Waals surface area contributed by atoms with E-state index in [1.807, 2.05) is 0 Å². The lowest BCUT2D eigenvalue weighted by Crippen LogP contribution is -2.44. The molecule has 0 aliphatic carbocycles. The molecule has 28 heavy (non-hydrogen) atoms. The Hall–Kier alpha value is -2.95. The summed E-state index contributed by atoms with van der Waals surface area (Å²) in [5, 5.41) is 2.29. The predicted octanol–water partition coefficient (Wildman–Crippen LogP) is 3.43. The van der Waals surface area contributed by atoms with Crippen LogP contribution in [0.15, 0.2) is 51.9 Å². The number of pyridine rings is 1. The van der Waals surface area contributed by atoms with Gasteiger partial charge in [-0.3, -0.25) is 15.1 Å². The first-order valence-corrected chi connectivity index (χ1v) is 9.36. The largest absolute Gasteiger partial charge is 0.433 e. The van der Waals surface area contributed by atoms with Gasteiger partial charge in [0.2, 0.25) is 5.91 Å². The number of aromatic nitrogens is 2. The molecule has 0 bridgehead atoms. The van der Waals surface area contributed by atoms with E-state index in [0.29, 0.717) is 23.4 Å². The molecule has 0 unspecified atom stereocenters. The van der Waals surface area contributed by atoms with Gasteiger partial charge in [-0.1, -0.05) is 12.1 Å². The van der Waals surface area contributed by atoms with Gasteiger partial charge in [0.1, 0.15) is 16.0 Å². The third kappa shape index (κ3) is 3.44. The number of sulfone groups is 1. The van der Waals surface area contributed by atoms with Crippen LogP contribution in [0.5, 0.6) is 0 Å². The minimum atomic E-state index is -4.71. The van der Waals surface area contributed by atoms with Gasteiger partial charge < -0.3 is 4.42 Å². The average molecular weight is 413 g/mol. The van der Waals surface area contributed by atoms with Gasteiger partial charge in [0.15, 0.2) is 15.4 Å². The van der Waals surface area contributed by atoms with E-state index in [2.05, 4.69) is 15.3 Å². The third-order valence-corrected chi connectivity index (χ3v) is 6.46. The first-order valence-electron chi connectivity index (χ1n) is 7.88. The average Bonchev–Trinajstić information content (AvgIpc) is 3.03. The predicted molar refractivity (Wildman–Crippen MR) is 93.1 cm³/mol. The summed E-state index contributed by atoms with van der Waals surface area (Å²) in [5.74, 6) is -0.959. The minimum absolute atomic E-state index is 0.194. The summed E-state index contributed by atoms with van der Waals surface area (Å²) in [6.45, 7) is 2.25. The van der Waals surface area contributed by atoms with Gasteiger partial charge in [0, 0.05) is 6.20 Å². The summed E-state index contributed by atoms with van der Waals surface area (Å²) in [4.78, 5) is 19.2. The molecule has 3 aromatic rings. The fraction of sp³-hybridized carbons (Fsp3) is 0.235. The topological polar surface area (TPSA) is 102 Å². The molecule has 3 rings (SSSR count). The van der Waals surface area contributed by atoms with Crippen LogP contribution < -0.4 is 5.32 Å². The van der Waals surface area contributed by atoms with Crippen molar-refractivity contribution >= 4 is 32.9 Å². The number of hydrogen-bond donors (Lipinski definition) is 1. The normalized spacial score (nSPS) is 12.9. The zero-order chi connectivity index (χ0) is 20.7. The monoisotopic (exact) mass is 413 g/mol. The molecule has 2 aromatic heterocycles. The van der Waals surface area contributed by atoms with Gasteiger partial charge in [-0.2, -0.15) is 18.2 Å². The van der Waals surface area contributed by atoms with E-state index < -0.39 is 37.3 Å². The number of para-hydroxylation sites is 2. The van der Waals surface area contributed by atoms with Crippen LogP contribution in [0.1, 0.15) is 19.5 Å². The summed E-state index contributed by atoms with van der Waals surface area (Å²) < 4.78 is 66.7. The minimum Gasteiger partial charge on any atom is -0.423 e. The fourth-order valence-electron chi connectivity index (χ4n) is 2.30. The van der Waals surface area contributed by atoms with Crippen molar-refractivity contribution in [2.45, 2.75) is 29.7 Å². The van der Waals surface area contributed by atoms with Crippen molar-refractivity contribution in [2.75, 3.05) is 5.32 Å². The molecular formula is C17H14F3N3O4S. The Morgan fingerprint density at radius 2 is 1.79 bits per heavy atom. The highest BCUT2D eigenvalue weighted by molar-refractivity contribution is 7.93. The lowest BCUT2D eigenvalue weighted by atomic mass is 10.2. The summed E-state index contributed by atoms with van der Waals surface area (Å²) in [5.41, 5.74) is -0.379. The molecule has 0 aliphatic heterocycles. The summed E-state index contributed by atoms with van der Waals surface area (Å²) >= 11 is 0. The van der Waals surface area contributed by atoms with E-state index >= 15 is 0 Å². The number of nitrogens with zero attached hydrogens (tertiary/aromatic N) is 2. The number of anilines is 1. The number of carbonyl (C=O) groups excluding carboxylic acids is 1. The summed E-state index contributed by atoms with van der Waals surface area (Å²) in [7, 11) is -4.36. The zero-order valence-electron chi connectivity index (χ0n) is 14.6. The Morgan fingerprint density at radius 3 is 2.36 bits per heavy atom. The van der Waals surface area contributed by atoms with Crippen molar-refractivity contribution in [3.8, 4) is 0 Å². The Bertz CT molecular complexity index is 1100. The van der Waals surface area contributed by atoms with E-state index in [9.17, 15) is 26.4 Å². The Labute approximate surface area is 157 Å². The van der Waals surface area contributed by atoms with Crippen LogP contribution in [0.4, 0.5) is 19.2 Å². The number of hydrogen-bond acceptors (Lipinski definition) is 6. The van der Waals surface area contributed by atoms with E-state index in [-0.39, 0.29) is 6.01 Å². The van der Waals surface area contributed by atoms with E-state index in [4.69, 9.17) is 4.42 Å². The van der Waals surface area contributed by atoms with Gasteiger partial charge in [-0.15, -0.1) is 0 Å². The van der Waals surface area contributed by atoms with E-state index in [0.717, 1.165) is 19.9 Å². The molecule has 7 nitrogen and oxygen atoms in total. The zero-order valence-corrected chi connectivity index (χ0v) is 15.4. The molecule has 0 atom stereocenters. The Morgan fingerprint density at radius 1 is 1.11 bits per heavy atom. The maximum absolute atomic E-state index is 12.8. The van der Waals surface area contributed by atoms with Crippen LogP contribution in [0.2, 0.25) is 0 Å². The molecule has 11 heteroatoms. The lowest BCUT2D eigenvalue weighted by Gasteiger charge is -2.22. The van der Waals surface area contributed by atoms with Crippen LogP contribution >= 0.6 is 0 Å². The first-order chi connectivity index (χ1) is 12.9. The standard InChI is InChI=1S/C17H14F3N3O4S/c1-16(2,14(24)23-15-22-11-5-3-4-6-12(11)27-15)28(25,26)10-7-8-13(21-9-10)17(18,19)20/h3-9H,1-2H3,(H,22,23,24). The number of fused-ring (bicyclic) bond motifs is 1. The van der Waals surface area contributed by atoms with Gasteiger partial charge in [0.25, 0.3) is 0 Å². The van der Waals surface area contributed by atoms with Gasteiger partial charge in [0.05, 0.1) is 4.90 Å². The number of carbonyl (C=O) groups is 1. The maximum atomic E-state index is 12.8. The highest BCUT2D eigenvalue weighted by Crippen LogP contribution is 2.31. The summed E-state index contributed by atoms with van der Waals surface area (Å²) in [6, 6.07) is 7.78. The SMILES string of the molecule is CC(C)(C(=O)Nc1nc2ccccc2o1)S(=O)(=O)c1ccc(C(F)(F)F)nc1. The number of amides is 1. The molecule has 0 spiro atoms. The molecule has 0 fully saturated rings. The highest BCUT2D eigenvalue weighted by atomic mass is 32.2. The molecule has 148 valence electrons. The molecule has 1 amide bonds. The van der Waals surface area contributed by atoms with Gasteiger partial charge in [-0.25, -0.2) is 8.42 Å². The Kier molecular flexibility index (Phi) is 4.66. The smallest absolute Gasteiger partial charge is 0.423 e. The molecule has 0 radical (unpaired) electrons. The third-order valence-electron chi connectivity index (χ3n) is 4.07. The van der Waals surface area contributed by atoms with E-state index in [1.165, 1.54) is 0 Å². The van der Waals surface area contributed by atoms with Crippen molar-refractivity contribution < 1.29 is 30.8 Å². The highest BCUT2D eigenvalue weighted by Gasteiger charge is 2.44. The van der Waals surface area contributed by atoms with Gasteiger partial charge in [-0.05, 0) is 38.1 Å². The van der Waals surface area contributed by atoms with Crippen molar-refractivity contribution in [2.24, 2.45) is 0 Å². The van der Waals surface area contributed by atoms with E-state index in [1.54, 1.807) is 24.3 Å². The van der Waals surface area contributed by atoms with Crippen LogP contribution in [0, 0.1) is 0 Å². The fourth-order valence-corrected chi connectivity index (χ4v) is 3.62. The Balaban J connectivity index is 1.88. The second kappa shape index (κ2) is 6.59. The molecule has 0 saturated carbocycles. The number of nitrogens with one attached hydrogen (secondary N) is 1. The van der Waals surface area contributed by atoms with Crippen LogP contribution in [0.3, 0.4) is 0 Å². The number of rotatable bonds is 4. The van der Waals surface area contributed by atoms with Crippen molar-refractivity contribution in [1.82, 2.24) is 9.97 Å². The number of oxazole rings is 1. The second-order valence-corrected chi connectivity index (χ2v) is 8.83. The van der Waals surface area contributed by atoms with Crippen LogP contribution in [0.25, 0.3) is 11.1 Å².